The van der Waals surface area contributed by atoms with Gasteiger partial charge in [-0.25, -0.2) is 4.98 Å². The van der Waals surface area contributed by atoms with Crippen molar-refractivity contribution in [3.63, 3.8) is 0 Å². The van der Waals surface area contributed by atoms with Gasteiger partial charge in [0.05, 0.1) is 12.3 Å². The van der Waals surface area contributed by atoms with E-state index in [1.54, 1.807) is 11.3 Å². The van der Waals surface area contributed by atoms with Gasteiger partial charge in [0, 0.05) is 28.3 Å². The molecule has 1 aromatic carbocycles. The minimum absolute atomic E-state index is 0.0359. The molecule has 0 saturated carbocycles. The third-order valence-corrected chi connectivity index (χ3v) is 5.06. The maximum atomic E-state index is 5.93. The van der Waals surface area contributed by atoms with Crippen molar-refractivity contribution in [1.82, 2.24) is 4.98 Å². The van der Waals surface area contributed by atoms with Gasteiger partial charge >= 0.3 is 0 Å². The molecule has 0 aliphatic carbocycles. The Kier molecular flexibility index (Phi) is 3.76. The highest BCUT2D eigenvalue weighted by Crippen LogP contribution is 2.41. The molecular formula is C17H22N2OS. The van der Waals surface area contributed by atoms with E-state index in [0.29, 0.717) is 12.5 Å². The Morgan fingerprint density at radius 1 is 1.33 bits per heavy atom. The Bertz CT molecular complexity index is 642. The summed E-state index contributed by atoms with van der Waals surface area (Å²) in [6.45, 7) is 7.91. The van der Waals surface area contributed by atoms with Gasteiger partial charge in [0.25, 0.3) is 0 Å². The molecule has 112 valence electrons. The van der Waals surface area contributed by atoms with Gasteiger partial charge in [0.15, 0.2) is 0 Å². The number of nitrogens with zero attached hydrogens (tertiary/aromatic N) is 1. The fourth-order valence-corrected chi connectivity index (χ4v) is 4.15. The Balaban J connectivity index is 2.05. The predicted octanol–water partition coefficient (Wildman–Crippen LogP) is 3.81. The van der Waals surface area contributed by atoms with Crippen LogP contribution >= 0.6 is 11.3 Å². The summed E-state index contributed by atoms with van der Waals surface area (Å²) in [4.78, 5) is 6.17. The van der Waals surface area contributed by atoms with Crippen molar-refractivity contribution in [2.24, 2.45) is 5.73 Å². The van der Waals surface area contributed by atoms with Crippen molar-refractivity contribution in [1.29, 1.82) is 0 Å². The number of ether oxygens (including phenoxy) is 1. The number of aromatic nitrogens is 1. The molecule has 0 radical (unpaired) electrons. The SMILES string of the molecule is CC(C)(C)c1nc(C2CCOc3ccccc32)sc1CN. The van der Waals surface area contributed by atoms with E-state index in [0.717, 1.165) is 24.5 Å². The number of nitrogens with two attached hydrogens (primary N) is 1. The van der Waals surface area contributed by atoms with Crippen LogP contribution in [0.2, 0.25) is 0 Å². The minimum Gasteiger partial charge on any atom is -0.493 e. The molecule has 0 amide bonds. The zero-order chi connectivity index (χ0) is 15.0. The highest BCUT2D eigenvalue weighted by molar-refractivity contribution is 7.11. The first-order chi connectivity index (χ1) is 10.0. The third-order valence-electron chi connectivity index (χ3n) is 3.87. The van der Waals surface area contributed by atoms with Crippen molar-refractivity contribution in [2.75, 3.05) is 6.61 Å². The number of para-hydroxylation sites is 1. The summed E-state index contributed by atoms with van der Waals surface area (Å²) < 4.78 is 5.76. The molecule has 2 heterocycles. The Labute approximate surface area is 130 Å². The normalized spacial score (nSPS) is 18.2. The summed E-state index contributed by atoms with van der Waals surface area (Å²) in [5.41, 5.74) is 8.37. The zero-order valence-corrected chi connectivity index (χ0v) is 13.7. The molecule has 1 unspecified atom stereocenters. The van der Waals surface area contributed by atoms with Crippen molar-refractivity contribution in [3.05, 3.63) is 45.4 Å². The second-order valence-corrected chi connectivity index (χ2v) is 7.62. The molecule has 0 spiro atoms. The van der Waals surface area contributed by atoms with Crippen LogP contribution in [0.5, 0.6) is 5.75 Å². The van der Waals surface area contributed by atoms with Gasteiger partial charge in [0.2, 0.25) is 0 Å². The monoisotopic (exact) mass is 302 g/mol. The lowest BCUT2D eigenvalue weighted by molar-refractivity contribution is 0.276. The van der Waals surface area contributed by atoms with Gasteiger partial charge in [-0.05, 0) is 12.5 Å². The second kappa shape index (κ2) is 5.43. The molecule has 0 saturated heterocycles. The maximum Gasteiger partial charge on any atom is 0.123 e. The largest absolute Gasteiger partial charge is 0.493 e. The third kappa shape index (κ3) is 2.70. The summed E-state index contributed by atoms with van der Waals surface area (Å²) in [5, 5.41) is 1.18. The first-order valence-corrected chi connectivity index (χ1v) is 8.24. The van der Waals surface area contributed by atoms with E-state index in [4.69, 9.17) is 15.5 Å². The smallest absolute Gasteiger partial charge is 0.123 e. The van der Waals surface area contributed by atoms with E-state index >= 15 is 0 Å². The lowest BCUT2D eigenvalue weighted by atomic mass is 9.90. The second-order valence-electron chi connectivity index (χ2n) is 6.51. The summed E-state index contributed by atoms with van der Waals surface area (Å²) >= 11 is 1.76. The molecule has 3 rings (SSSR count). The van der Waals surface area contributed by atoms with Gasteiger partial charge in [-0.15, -0.1) is 11.3 Å². The predicted molar refractivity (Wildman–Crippen MR) is 87.1 cm³/mol. The number of fused-ring (bicyclic) bond motifs is 1. The van der Waals surface area contributed by atoms with Crippen LogP contribution in [0, 0.1) is 0 Å². The topological polar surface area (TPSA) is 48.1 Å². The van der Waals surface area contributed by atoms with Crippen LogP contribution in [0.3, 0.4) is 0 Å². The average Bonchev–Trinajstić information content (AvgIpc) is 2.91. The number of benzene rings is 1. The van der Waals surface area contributed by atoms with Crippen molar-refractivity contribution in [3.8, 4) is 5.75 Å². The van der Waals surface area contributed by atoms with Gasteiger partial charge in [-0.1, -0.05) is 39.0 Å². The van der Waals surface area contributed by atoms with E-state index in [2.05, 4.69) is 32.9 Å². The average molecular weight is 302 g/mol. The molecule has 0 fully saturated rings. The number of thiazole rings is 1. The van der Waals surface area contributed by atoms with Gasteiger partial charge in [-0.2, -0.15) is 0 Å². The van der Waals surface area contributed by atoms with E-state index in [-0.39, 0.29) is 5.41 Å². The molecule has 1 atom stereocenters. The molecule has 2 aromatic rings. The van der Waals surface area contributed by atoms with Crippen LogP contribution in [0.1, 0.15) is 54.3 Å². The molecular weight excluding hydrogens is 280 g/mol. The molecule has 1 aliphatic heterocycles. The van der Waals surface area contributed by atoms with Crippen LogP contribution < -0.4 is 10.5 Å². The molecule has 1 aromatic heterocycles. The number of hydrogen-bond donors (Lipinski definition) is 1. The van der Waals surface area contributed by atoms with Gasteiger partial charge in [0.1, 0.15) is 10.8 Å². The summed E-state index contributed by atoms with van der Waals surface area (Å²) in [6.07, 6.45) is 0.984. The van der Waals surface area contributed by atoms with E-state index in [9.17, 15) is 0 Å². The lowest BCUT2D eigenvalue weighted by Crippen LogP contribution is -2.17. The van der Waals surface area contributed by atoms with Crippen LogP contribution in [0.15, 0.2) is 24.3 Å². The van der Waals surface area contributed by atoms with Gasteiger partial charge < -0.3 is 10.5 Å². The maximum absolute atomic E-state index is 5.93. The molecule has 0 bridgehead atoms. The van der Waals surface area contributed by atoms with E-state index < -0.39 is 0 Å². The van der Waals surface area contributed by atoms with Crippen LogP contribution in [0.4, 0.5) is 0 Å². The molecule has 3 nitrogen and oxygen atoms in total. The summed E-state index contributed by atoms with van der Waals surface area (Å²) in [7, 11) is 0. The van der Waals surface area contributed by atoms with E-state index in [1.165, 1.54) is 15.4 Å². The zero-order valence-electron chi connectivity index (χ0n) is 12.8. The van der Waals surface area contributed by atoms with Crippen molar-refractivity contribution < 1.29 is 4.74 Å². The van der Waals surface area contributed by atoms with Crippen molar-refractivity contribution >= 4 is 11.3 Å². The summed E-state index contributed by atoms with van der Waals surface area (Å²) in [5.74, 6) is 1.33. The van der Waals surface area contributed by atoms with E-state index in [1.807, 2.05) is 12.1 Å². The van der Waals surface area contributed by atoms with Crippen LogP contribution in [0.25, 0.3) is 0 Å². The fourth-order valence-electron chi connectivity index (χ4n) is 2.84. The Morgan fingerprint density at radius 3 is 2.76 bits per heavy atom. The molecule has 4 heteroatoms. The fraction of sp³-hybridized carbons (Fsp3) is 0.471. The standard InChI is InChI=1S/C17H22N2OS/c1-17(2,3)15-14(10-18)21-16(19-15)12-8-9-20-13-7-5-4-6-11(12)13/h4-7,12H,8-10,18H2,1-3H3. The highest BCUT2D eigenvalue weighted by Gasteiger charge is 2.29. The Morgan fingerprint density at radius 2 is 2.10 bits per heavy atom. The first-order valence-electron chi connectivity index (χ1n) is 7.42. The quantitative estimate of drug-likeness (QED) is 0.917. The van der Waals surface area contributed by atoms with Crippen LogP contribution in [-0.2, 0) is 12.0 Å². The molecule has 21 heavy (non-hydrogen) atoms. The molecule has 2 N–H and O–H groups in total. The Hall–Kier alpha value is -1.39. The molecule has 1 aliphatic rings. The highest BCUT2D eigenvalue weighted by atomic mass is 32.1. The van der Waals surface area contributed by atoms with Gasteiger partial charge in [-0.3, -0.25) is 0 Å². The van der Waals surface area contributed by atoms with Crippen LogP contribution in [-0.4, -0.2) is 11.6 Å². The lowest BCUT2D eigenvalue weighted by Gasteiger charge is -2.24. The minimum atomic E-state index is 0.0359. The first kappa shape index (κ1) is 14.5. The number of rotatable bonds is 2. The summed E-state index contributed by atoms with van der Waals surface area (Å²) in [6, 6.07) is 8.29. The van der Waals surface area contributed by atoms with Crippen molar-refractivity contribution in [2.45, 2.75) is 45.1 Å². The number of hydrogen-bond acceptors (Lipinski definition) is 4.